The van der Waals surface area contributed by atoms with E-state index >= 15 is 0 Å². The molecule has 0 unspecified atom stereocenters. The molecule has 0 aliphatic carbocycles. The molecule has 0 N–H and O–H groups in total. The second-order valence-corrected chi connectivity index (χ2v) is 17.5. The van der Waals surface area contributed by atoms with Gasteiger partial charge in [-0.3, -0.25) is 4.68 Å². The summed E-state index contributed by atoms with van der Waals surface area (Å²) in [5.41, 5.74) is 7.99. The first-order valence-electron chi connectivity index (χ1n) is 22.3. The van der Waals surface area contributed by atoms with Crippen LogP contribution in [0.25, 0.3) is 0 Å². The zero-order valence-electron chi connectivity index (χ0n) is 45.9. The van der Waals surface area contributed by atoms with E-state index < -0.39 is 0 Å². The lowest BCUT2D eigenvalue weighted by atomic mass is 10.4. The number of nitrogens with zero attached hydrogens (tertiary/aromatic N) is 18. The van der Waals surface area contributed by atoms with Crippen molar-refractivity contribution < 1.29 is 17.9 Å². The number of oxazole rings is 2. The van der Waals surface area contributed by atoms with Gasteiger partial charge < -0.3 is 17.9 Å². The monoisotopic (exact) mass is 1070 g/mol. The van der Waals surface area contributed by atoms with Gasteiger partial charge in [-0.05, 0) is 120 Å². The summed E-state index contributed by atoms with van der Waals surface area (Å²) in [4.78, 5) is 39.3. The molecular formula is C46H74N18O4S4. The van der Waals surface area contributed by atoms with Crippen LogP contribution in [0.4, 0.5) is 0 Å². The summed E-state index contributed by atoms with van der Waals surface area (Å²) < 4.78 is 28.4. The van der Waals surface area contributed by atoms with E-state index in [4.69, 9.17) is 8.83 Å². The third-order valence-corrected chi connectivity index (χ3v) is 10.7. The molecule has 0 bridgehead atoms. The molecule has 396 valence electrons. The van der Waals surface area contributed by atoms with Crippen molar-refractivity contribution in [1.82, 2.24) is 88.7 Å². The van der Waals surface area contributed by atoms with Crippen molar-refractivity contribution in [3.63, 3.8) is 0 Å². The predicted octanol–water partition coefficient (Wildman–Crippen LogP) is 11.5. The number of rotatable bonds is 0. The molecule has 0 amide bonds. The van der Waals surface area contributed by atoms with E-state index in [1.165, 1.54) is 56.7 Å². The third-order valence-electron chi connectivity index (χ3n) is 7.53. The minimum Gasteiger partial charge on any atom is -0.449 e. The highest BCUT2D eigenvalue weighted by atomic mass is 32.1. The van der Waals surface area contributed by atoms with E-state index in [1.54, 1.807) is 80.8 Å². The van der Waals surface area contributed by atoms with Crippen LogP contribution in [0.2, 0.25) is 0 Å². The lowest BCUT2D eigenvalue weighted by Gasteiger charge is -1.77. The Morgan fingerprint density at radius 2 is 0.847 bits per heavy atom. The summed E-state index contributed by atoms with van der Waals surface area (Å²) in [6, 6.07) is 0. The lowest BCUT2D eigenvalue weighted by molar-refractivity contribution is 0.389. The molecule has 10 heterocycles. The van der Waals surface area contributed by atoms with Gasteiger partial charge in [0.2, 0.25) is 11.8 Å². The van der Waals surface area contributed by atoms with E-state index in [0.29, 0.717) is 23.4 Å². The Morgan fingerprint density at radius 1 is 0.458 bits per heavy atom. The van der Waals surface area contributed by atoms with Crippen LogP contribution in [-0.4, -0.2) is 88.7 Å². The van der Waals surface area contributed by atoms with Gasteiger partial charge in [-0.15, -0.1) is 22.7 Å². The van der Waals surface area contributed by atoms with Gasteiger partial charge in [0.25, 0.3) is 0 Å². The van der Waals surface area contributed by atoms with Crippen LogP contribution in [0.3, 0.4) is 0 Å². The number of aryl methyl sites for hydroxylation is 18. The standard InChI is InChI=1S/2C5H7NO.2C5H7NS.2C4H6N2O.2C4H6N2S.2C3H5N3.2C2H6/c4*1-4-5(2)7-3-6-4;4*1-3-5-4(2)7-6-3;1-6-3-4-2-5-6;1-6-4-2-3-5-6;2*1-2/h4*3H,1-2H3;4*1-2H3;2*2-3H,1H3;2*1-2H3. The third kappa shape index (κ3) is 35.5. The Hall–Kier alpha value is -6.64. The molecule has 0 fully saturated rings. The van der Waals surface area contributed by atoms with Crippen LogP contribution in [-0.2, 0) is 14.1 Å². The maximum absolute atomic E-state index is 4.85. The highest BCUT2D eigenvalue weighted by molar-refractivity contribution is 7.10. The fourth-order valence-electron chi connectivity index (χ4n) is 3.60. The smallest absolute Gasteiger partial charge is 0.223 e. The van der Waals surface area contributed by atoms with Crippen molar-refractivity contribution in [2.75, 3.05) is 0 Å². The fraction of sp³-hybridized carbons (Fsp3) is 0.478. The van der Waals surface area contributed by atoms with Crippen LogP contribution in [0, 0.1) is 111 Å². The molecule has 26 heteroatoms. The van der Waals surface area contributed by atoms with Crippen LogP contribution in [0.5, 0.6) is 0 Å². The molecule has 10 aromatic rings. The second-order valence-electron chi connectivity index (χ2n) is 13.5. The molecule has 0 aliphatic rings. The van der Waals surface area contributed by atoms with Gasteiger partial charge in [0.1, 0.15) is 45.8 Å². The van der Waals surface area contributed by atoms with E-state index in [-0.39, 0.29) is 0 Å². The second kappa shape index (κ2) is 41.0. The Bertz CT molecular complexity index is 2260. The molecular weight excluding hydrogens is 997 g/mol. The average molecular weight is 1070 g/mol. The molecule has 10 rings (SSSR count). The quantitative estimate of drug-likeness (QED) is 0.136. The van der Waals surface area contributed by atoms with Gasteiger partial charge in [-0.25, -0.2) is 34.9 Å². The van der Waals surface area contributed by atoms with Crippen molar-refractivity contribution >= 4 is 45.7 Å². The van der Waals surface area contributed by atoms with Gasteiger partial charge in [-0.2, -0.15) is 38.8 Å². The topological polar surface area (TPSA) is 269 Å². The molecule has 0 saturated heterocycles. The Labute approximate surface area is 440 Å². The van der Waals surface area contributed by atoms with Crippen molar-refractivity contribution in [2.45, 2.75) is 138 Å². The first kappa shape index (κ1) is 67.4. The Kier molecular flexibility index (Phi) is 38.4. The number of thiazole rings is 2. The first-order valence-corrected chi connectivity index (χ1v) is 25.6. The molecule has 72 heavy (non-hydrogen) atoms. The predicted molar refractivity (Wildman–Crippen MR) is 286 cm³/mol. The van der Waals surface area contributed by atoms with Crippen molar-refractivity contribution in [3.8, 4) is 0 Å². The molecule has 0 atom stereocenters. The molecule has 0 spiro atoms. The molecule has 10 aromatic heterocycles. The molecule has 0 aromatic carbocycles. The summed E-state index contributed by atoms with van der Waals surface area (Å²) in [5.74, 6) is 6.19. The number of aromatic nitrogens is 18. The summed E-state index contributed by atoms with van der Waals surface area (Å²) in [6.45, 7) is 38.6. The summed E-state index contributed by atoms with van der Waals surface area (Å²) in [6.07, 6.45) is 9.31. The van der Waals surface area contributed by atoms with Crippen molar-refractivity contribution in [1.29, 1.82) is 0 Å². The minimum atomic E-state index is 0.623. The molecule has 0 saturated carbocycles. The van der Waals surface area contributed by atoms with Crippen LogP contribution in [0.1, 0.15) is 117 Å². The highest BCUT2D eigenvalue weighted by Crippen LogP contribution is 2.09. The zero-order valence-corrected chi connectivity index (χ0v) is 49.2. The van der Waals surface area contributed by atoms with Crippen LogP contribution >= 0.6 is 45.7 Å². The summed E-state index contributed by atoms with van der Waals surface area (Å²) >= 11 is 6.27. The zero-order chi connectivity index (χ0) is 55.0. The largest absolute Gasteiger partial charge is 0.449 e. The summed E-state index contributed by atoms with van der Waals surface area (Å²) in [7, 11) is 3.60. The molecule has 22 nitrogen and oxygen atoms in total. The van der Waals surface area contributed by atoms with E-state index in [2.05, 4.69) is 102 Å². The van der Waals surface area contributed by atoms with Crippen LogP contribution < -0.4 is 0 Å². The average Bonchev–Trinajstić information content (AvgIpc) is 4.20. The first-order chi connectivity index (χ1) is 34.2. The Balaban J connectivity index is 0. The SMILES string of the molecule is CC.CC.Cc1ncoc1C.Cc1ncoc1C.Cc1ncsc1C.Cc1ncsc1C.Cc1noc(C)n1.Cc1noc(C)n1.Cc1nsc(C)n1.Cc1nsc(C)n1.Cn1cncn1.Cn1nccn1. The van der Waals surface area contributed by atoms with E-state index in [0.717, 1.165) is 56.0 Å². The highest BCUT2D eigenvalue weighted by Gasteiger charge is 1.94. The molecule has 0 aliphatic heterocycles. The van der Waals surface area contributed by atoms with Gasteiger partial charge in [0, 0.05) is 37.7 Å². The lowest BCUT2D eigenvalue weighted by Crippen LogP contribution is -1.89. The van der Waals surface area contributed by atoms with E-state index in [9.17, 15) is 0 Å². The van der Waals surface area contributed by atoms with Crippen LogP contribution in [0.15, 0.2) is 66.7 Å². The maximum atomic E-state index is 4.85. The minimum absolute atomic E-state index is 0.623. The normalized spacial score (nSPS) is 8.97. The molecule has 0 radical (unpaired) electrons. The Morgan fingerprint density at radius 3 is 0.931 bits per heavy atom. The number of hydrogen-bond acceptors (Lipinski definition) is 24. The summed E-state index contributed by atoms with van der Waals surface area (Å²) in [5, 5.41) is 20.3. The van der Waals surface area contributed by atoms with Gasteiger partial charge >= 0.3 is 0 Å². The van der Waals surface area contributed by atoms with Gasteiger partial charge in [0.15, 0.2) is 24.4 Å². The van der Waals surface area contributed by atoms with Gasteiger partial charge in [-0.1, -0.05) is 38.0 Å². The van der Waals surface area contributed by atoms with Gasteiger partial charge in [0.05, 0.1) is 46.2 Å². The maximum Gasteiger partial charge on any atom is 0.223 e. The van der Waals surface area contributed by atoms with E-state index in [1.807, 2.05) is 115 Å². The van der Waals surface area contributed by atoms with Crippen molar-refractivity contribution in [2.24, 2.45) is 14.1 Å². The van der Waals surface area contributed by atoms with Crippen molar-refractivity contribution in [3.05, 3.63) is 138 Å². The number of hydrogen-bond donors (Lipinski definition) is 0. The fourth-order valence-corrected chi connectivity index (χ4v) is 5.74.